The first kappa shape index (κ1) is 22.7. The van der Waals surface area contributed by atoms with E-state index in [-0.39, 0.29) is 30.3 Å². The lowest BCUT2D eigenvalue weighted by Crippen LogP contribution is -2.31. The number of anilines is 1. The molecule has 2 heterocycles. The van der Waals surface area contributed by atoms with E-state index in [0.29, 0.717) is 33.5 Å². The zero-order valence-corrected chi connectivity index (χ0v) is 19.3. The second-order valence-corrected chi connectivity index (χ2v) is 8.60. The number of hydrogen-bond acceptors (Lipinski definition) is 6. The van der Waals surface area contributed by atoms with Gasteiger partial charge in [0.1, 0.15) is 12.4 Å². The van der Waals surface area contributed by atoms with Crippen LogP contribution >= 0.6 is 11.8 Å². The highest BCUT2D eigenvalue weighted by Crippen LogP contribution is 2.42. The zero-order valence-electron chi connectivity index (χ0n) is 18.5. The number of amides is 1. The number of benzene rings is 2. The van der Waals surface area contributed by atoms with E-state index in [0.717, 1.165) is 5.56 Å². The number of nitrogens with zero attached hydrogens (tertiary/aromatic N) is 1. The van der Waals surface area contributed by atoms with E-state index in [2.05, 4.69) is 21.9 Å². The summed E-state index contributed by atoms with van der Waals surface area (Å²) >= 11 is 1.42. The maximum Gasteiger partial charge on any atom is 0.257 e. The minimum atomic E-state index is -0.518. The Balaban J connectivity index is 1.71. The average Bonchev–Trinajstić information content (AvgIpc) is 2.81. The molecular weight excluding hydrogens is 438 g/mol. The minimum absolute atomic E-state index is 0.102. The number of thioether (sulfide) groups is 1. The van der Waals surface area contributed by atoms with E-state index in [1.165, 1.54) is 17.3 Å². The number of H-pyrrole nitrogens is 1. The van der Waals surface area contributed by atoms with Gasteiger partial charge in [0, 0.05) is 23.7 Å². The molecule has 33 heavy (non-hydrogen) atoms. The van der Waals surface area contributed by atoms with Crippen LogP contribution in [0.3, 0.4) is 0 Å². The second-order valence-electron chi connectivity index (χ2n) is 7.63. The van der Waals surface area contributed by atoms with E-state index in [1.54, 1.807) is 19.3 Å². The maximum atomic E-state index is 13.2. The summed E-state index contributed by atoms with van der Waals surface area (Å²) < 4.78 is 11.3. The highest BCUT2D eigenvalue weighted by Gasteiger charge is 2.33. The molecule has 3 aromatic rings. The molecule has 7 nitrogen and oxygen atoms in total. The Morgan fingerprint density at radius 1 is 1.21 bits per heavy atom. The normalized spacial score (nSPS) is 14.8. The molecule has 4 rings (SSSR count). The van der Waals surface area contributed by atoms with Gasteiger partial charge in [0.15, 0.2) is 16.7 Å². The summed E-state index contributed by atoms with van der Waals surface area (Å²) in [5.41, 5.74) is 3.15. The number of carbonyl (C=O) groups is 1. The van der Waals surface area contributed by atoms with Crippen LogP contribution in [-0.4, -0.2) is 29.6 Å². The number of carbonyl (C=O) groups excluding carboxylic acids is 1. The average molecular weight is 464 g/mol. The van der Waals surface area contributed by atoms with Gasteiger partial charge in [0.25, 0.3) is 5.56 Å². The molecule has 2 N–H and O–H groups in total. The number of aromatic amines is 1. The van der Waals surface area contributed by atoms with Crippen molar-refractivity contribution in [3.63, 3.8) is 0 Å². The fourth-order valence-corrected chi connectivity index (χ4v) is 4.80. The quantitative estimate of drug-likeness (QED) is 0.292. The van der Waals surface area contributed by atoms with Gasteiger partial charge in [0.05, 0.1) is 12.7 Å². The zero-order chi connectivity index (χ0) is 23.4. The van der Waals surface area contributed by atoms with Crippen molar-refractivity contribution in [2.45, 2.75) is 30.2 Å². The van der Waals surface area contributed by atoms with Crippen LogP contribution in [0.1, 0.15) is 34.6 Å². The largest absolute Gasteiger partial charge is 0.493 e. The molecule has 0 radical (unpaired) electrons. The van der Waals surface area contributed by atoms with Gasteiger partial charge >= 0.3 is 0 Å². The Kier molecular flexibility index (Phi) is 6.84. The fraction of sp³-hybridized carbons (Fsp3) is 0.240. The molecule has 1 unspecified atom stereocenters. The van der Waals surface area contributed by atoms with Crippen molar-refractivity contribution < 1.29 is 14.3 Å². The molecule has 1 aliphatic rings. The van der Waals surface area contributed by atoms with Crippen LogP contribution in [0, 0.1) is 6.92 Å². The molecule has 0 bridgehead atoms. The van der Waals surface area contributed by atoms with Crippen LogP contribution in [0.15, 0.2) is 65.1 Å². The number of para-hydroxylation sites is 1. The molecule has 1 aliphatic heterocycles. The first-order chi connectivity index (χ1) is 16.0. The highest BCUT2D eigenvalue weighted by molar-refractivity contribution is 7.98. The fourth-order valence-electron chi connectivity index (χ4n) is 3.87. The van der Waals surface area contributed by atoms with Crippen LogP contribution in [0.25, 0.3) is 0 Å². The predicted molar refractivity (Wildman–Crippen MR) is 129 cm³/mol. The molecular formula is C25H25N3O4S. The predicted octanol–water partition coefficient (Wildman–Crippen LogP) is 4.42. The van der Waals surface area contributed by atoms with E-state index < -0.39 is 5.92 Å². The van der Waals surface area contributed by atoms with Crippen LogP contribution in [0.5, 0.6) is 11.5 Å². The third-order valence-electron chi connectivity index (χ3n) is 5.51. The third-order valence-corrected chi connectivity index (χ3v) is 6.43. The van der Waals surface area contributed by atoms with Crippen molar-refractivity contribution in [2.75, 3.05) is 19.0 Å². The van der Waals surface area contributed by atoms with Crippen LogP contribution in [-0.2, 0) is 10.5 Å². The number of nitrogens with one attached hydrogen (secondary N) is 2. The Hall–Kier alpha value is -3.52. The molecule has 170 valence electrons. The lowest BCUT2D eigenvalue weighted by atomic mass is 9.86. The van der Waals surface area contributed by atoms with E-state index in [9.17, 15) is 9.59 Å². The van der Waals surface area contributed by atoms with Crippen molar-refractivity contribution in [1.82, 2.24) is 9.97 Å². The van der Waals surface area contributed by atoms with Crippen molar-refractivity contribution in [3.05, 3.63) is 87.7 Å². The summed E-state index contributed by atoms with van der Waals surface area (Å²) in [6.45, 7) is 6.00. The number of rotatable bonds is 8. The molecule has 0 saturated heterocycles. The standard InChI is InChI=1S/C25H25N3O4S/c1-4-12-32-22-17(10-7-11-19(22)31-3)18-13-20(29)26-23-21(18)24(30)28-25(27-23)33-14-16-9-6-5-8-15(16)2/h4-11,18H,1,12-14H2,2-3H3,(H2,26,27,28,29,30). The number of aromatic nitrogens is 2. The maximum absolute atomic E-state index is 13.2. The van der Waals surface area contributed by atoms with Crippen molar-refractivity contribution in [3.8, 4) is 11.5 Å². The van der Waals surface area contributed by atoms with E-state index in [1.807, 2.05) is 43.3 Å². The molecule has 0 aliphatic carbocycles. The Morgan fingerprint density at radius 3 is 2.79 bits per heavy atom. The summed E-state index contributed by atoms with van der Waals surface area (Å²) in [5.74, 6) is 1.22. The van der Waals surface area contributed by atoms with Gasteiger partial charge in [0.2, 0.25) is 5.91 Å². The number of ether oxygens (including phenoxy) is 2. The molecule has 0 saturated carbocycles. The van der Waals surface area contributed by atoms with Gasteiger partial charge in [-0.05, 0) is 24.1 Å². The van der Waals surface area contributed by atoms with Crippen LogP contribution in [0.2, 0.25) is 0 Å². The van der Waals surface area contributed by atoms with E-state index in [4.69, 9.17) is 9.47 Å². The van der Waals surface area contributed by atoms with Gasteiger partial charge in [-0.15, -0.1) is 0 Å². The topological polar surface area (TPSA) is 93.3 Å². The van der Waals surface area contributed by atoms with Gasteiger partial charge in [-0.25, -0.2) is 4.98 Å². The number of fused-ring (bicyclic) bond motifs is 1. The SMILES string of the molecule is C=CCOc1c(OC)cccc1C1CC(=O)Nc2nc(SCc3ccccc3C)[nH]c(=O)c21. The molecule has 0 fully saturated rings. The third kappa shape index (κ3) is 4.80. The summed E-state index contributed by atoms with van der Waals surface area (Å²) in [6, 6.07) is 13.5. The van der Waals surface area contributed by atoms with Gasteiger partial charge in [-0.2, -0.15) is 0 Å². The Morgan fingerprint density at radius 2 is 2.03 bits per heavy atom. The lowest BCUT2D eigenvalue weighted by Gasteiger charge is -2.26. The first-order valence-electron chi connectivity index (χ1n) is 10.5. The van der Waals surface area contributed by atoms with Gasteiger partial charge in [-0.3, -0.25) is 9.59 Å². The monoisotopic (exact) mass is 463 g/mol. The minimum Gasteiger partial charge on any atom is -0.493 e. The molecule has 1 amide bonds. The summed E-state index contributed by atoms with van der Waals surface area (Å²) in [7, 11) is 1.55. The van der Waals surface area contributed by atoms with E-state index >= 15 is 0 Å². The van der Waals surface area contributed by atoms with Gasteiger partial charge in [-0.1, -0.05) is 60.8 Å². The summed E-state index contributed by atoms with van der Waals surface area (Å²) in [5, 5.41) is 3.23. The number of aryl methyl sites for hydroxylation is 1. The van der Waals surface area contributed by atoms with Crippen molar-refractivity contribution in [1.29, 1.82) is 0 Å². The van der Waals surface area contributed by atoms with Crippen molar-refractivity contribution in [2.24, 2.45) is 0 Å². The Labute approximate surface area is 196 Å². The molecule has 8 heteroatoms. The van der Waals surface area contributed by atoms with Crippen LogP contribution < -0.4 is 20.3 Å². The van der Waals surface area contributed by atoms with Crippen LogP contribution in [0.4, 0.5) is 5.82 Å². The first-order valence-corrected chi connectivity index (χ1v) is 11.5. The van der Waals surface area contributed by atoms with Crippen molar-refractivity contribution >= 4 is 23.5 Å². The second kappa shape index (κ2) is 9.95. The molecule has 1 atom stereocenters. The summed E-state index contributed by atoms with van der Waals surface area (Å²) in [4.78, 5) is 33.2. The molecule has 0 spiro atoms. The molecule has 2 aromatic carbocycles. The Bertz CT molecular complexity index is 1250. The number of methoxy groups -OCH3 is 1. The lowest BCUT2D eigenvalue weighted by molar-refractivity contribution is -0.116. The summed E-state index contributed by atoms with van der Waals surface area (Å²) in [6.07, 6.45) is 1.73. The number of hydrogen-bond donors (Lipinski definition) is 2. The van der Waals surface area contributed by atoms with Gasteiger partial charge < -0.3 is 19.8 Å². The smallest absolute Gasteiger partial charge is 0.257 e. The molecule has 1 aromatic heterocycles. The highest BCUT2D eigenvalue weighted by atomic mass is 32.2.